The molecule has 2 saturated heterocycles. The summed E-state index contributed by atoms with van der Waals surface area (Å²) in [5.74, 6) is 0.745. The second kappa shape index (κ2) is 7.43. The second-order valence-corrected chi connectivity index (χ2v) is 8.25. The van der Waals surface area contributed by atoms with Gasteiger partial charge < -0.3 is 10.2 Å². The van der Waals surface area contributed by atoms with Gasteiger partial charge >= 0.3 is 0 Å². The molecule has 0 bridgehead atoms. The maximum Gasteiger partial charge on any atom is 0.0244 e. The van der Waals surface area contributed by atoms with E-state index in [1.54, 1.807) is 0 Å². The topological polar surface area (TPSA) is 18.5 Å². The van der Waals surface area contributed by atoms with Gasteiger partial charge in [-0.15, -0.1) is 0 Å². The summed E-state index contributed by atoms with van der Waals surface area (Å²) in [7, 11) is 2.26. The van der Waals surface area contributed by atoms with Crippen LogP contribution in [0, 0.1) is 11.3 Å². The Morgan fingerprint density at radius 3 is 2.48 bits per heavy atom. The van der Waals surface area contributed by atoms with Crippen molar-refractivity contribution in [1.29, 1.82) is 0 Å². The quantitative estimate of drug-likeness (QED) is 0.841. The zero-order chi connectivity index (χ0) is 15.5. The fraction of sp³-hybridized carbons (Fsp3) is 1.00. The van der Waals surface area contributed by atoms with Crippen molar-refractivity contribution in [2.24, 2.45) is 11.3 Å². The molecule has 1 N–H and O–H groups in total. The van der Waals surface area contributed by atoms with Crippen LogP contribution in [-0.2, 0) is 0 Å². The summed E-state index contributed by atoms with van der Waals surface area (Å²) in [6, 6.07) is 1.43. The Balaban J connectivity index is 1.98. The van der Waals surface area contributed by atoms with Crippen LogP contribution in [0.4, 0.5) is 0 Å². The van der Waals surface area contributed by atoms with Crippen molar-refractivity contribution < 1.29 is 0 Å². The highest BCUT2D eigenvalue weighted by Crippen LogP contribution is 2.33. The van der Waals surface area contributed by atoms with Crippen LogP contribution in [0.3, 0.4) is 0 Å². The summed E-state index contributed by atoms with van der Waals surface area (Å²) in [5.41, 5.74) is 0.522. The fourth-order valence-corrected chi connectivity index (χ4v) is 4.09. The molecule has 0 aromatic heterocycles. The predicted molar refractivity (Wildman–Crippen MR) is 91.7 cm³/mol. The maximum atomic E-state index is 3.79. The van der Waals surface area contributed by atoms with Gasteiger partial charge in [-0.1, -0.05) is 34.1 Å². The van der Waals surface area contributed by atoms with Gasteiger partial charge in [-0.3, -0.25) is 4.90 Å². The highest BCUT2D eigenvalue weighted by Gasteiger charge is 2.36. The van der Waals surface area contributed by atoms with Gasteiger partial charge in [0.2, 0.25) is 0 Å². The predicted octanol–water partition coefficient (Wildman–Crippen LogP) is 2.82. The summed E-state index contributed by atoms with van der Waals surface area (Å²) >= 11 is 0. The molecule has 0 saturated carbocycles. The Morgan fingerprint density at radius 1 is 1.24 bits per heavy atom. The number of nitrogens with one attached hydrogen (secondary N) is 1. The number of rotatable bonds is 5. The van der Waals surface area contributed by atoms with Crippen molar-refractivity contribution in [1.82, 2.24) is 15.1 Å². The first-order chi connectivity index (χ1) is 9.93. The summed E-state index contributed by atoms with van der Waals surface area (Å²) in [6.07, 6.45) is 5.33. The van der Waals surface area contributed by atoms with E-state index < -0.39 is 0 Å². The second-order valence-electron chi connectivity index (χ2n) is 8.25. The Hall–Kier alpha value is -0.120. The molecule has 0 amide bonds. The molecule has 0 radical (unpaired) electrons. The largest absolute Gasteiger partial charge is 0.311 e. The van der Waals surface area contributed by atoms with Crippen molar-refractivity contribution >= 4 is 0 Å². The van der Waals surface area contributed by atoms with Crippen LogP contribution in [0.5, 0.6) is 0 Å². The number of nitrogens with zero attached hydrogens (tertiary/aromatic N) is 2. The molecule has 2 heterocycles. The Morgan fingerprint density at radius 2 is 1.90 bits per heavy atom. The maximum absolute atomic E-state index is 3.79. The Kier molecular flexibility index (Phi) is 6.10. The first-order valence-electron chi connectivity index (χ1n) is 9.09. The highest BCUT2D eigenvalue weighted by atomic mass is 15.2. The van der Waals surface area contributed by atoms with Gasteiger partial charge in [-0.2, -0.15) is 0 Å². The minimum absolute atomic E-state index is 0.522. The molecule has 124 valence electrons. The molecule has 2 rings (SSSR count). The molecule has 21 heavy (non-hydrogen) atoms. The third kappa shape index (κ3) is 4.67. The molecular weight excluding hydrogens is 258 g/mol. The lowest BCUT2D eigenvalue weighted by Gasteiger charge is -2.48. The molecule has 0 aromatic rings. The zero-order valence-corrected chi connectivity index (χ0v) is 15.0. The van der Waals surface area contributed by atoms with E-state index in [9.17, 15) is 0 Å². The molecule has 0 spiro atoms. The number of piperazine rings is 1. The van der Waals surface area contributed by atoms with Crippen LogP contribution in [0.1, 0.15) is 53.4 Å². The number of piperidine rings is 1. The van der Waals surface area contributed by atoms with Crippen LogP contribution in [0.25, 0.3) is 0 Å². The third-order valence-corrected chi connectivity index (χ3v) is 5.73. The fourth-order valence-electron chi connectivity index (χ4n) is 4.09. The van der Waals surface area contributed by atoms with Gasteiger partial charge in [-0.05, 0) is 50.7 Å². The molecule has 0 aliphatic carbocycles. The van der Waals surface area contributed by atoms with Crippen molar-refractivity contribution in [2.75, 3.05) is 39.8 Å². The molecule has 2 aliphatic rings. The lowest BCUT2D eigenvalue weighted by Crippen LogP contribution is -2.60. The monoisotopic (exact) mass is 295 g/mol. The van der Waals surface area contributed by atoms with Crippen LogP contribution < -0.4 is 5.32 Å². The normalized spacial score (nSPS) is 31.7. The smallest absolute Gasteiger partial charge is 0.0244 e. The van der Waals surface area contributed by atoms with E-state index >= 15 is 0 Å². The first-order valence-corrected chi connectivity index (χ1v) is 9.09. The molecule has 2 aliphatic heterocycles. The van der Waals surface area contributed by atoms with Crippen LogP contribution >= 0.6 is 0 Å². The molecule has 0 aromatic carbocycles. The SMILES string of the molecule is CCCC1CN(CC2(C)CCN(C)CC2)C(C(C)C)CN1. The van der Waals surface area contributed by atoms with E-state index in [0.717, 1.165) is 12.0 Å². The standard InChI is InChI=1S/C18H37N3/c1-6-7-16-13-21(17(12-19-16)15(2)3)14-18(4)8-10-20(5)11-9-18/h15-17,19H,6-14H2,1-5H3. The Bertz CT molecular complexity index is 308. The van der Waals surface area contributed by atoms with Crippen molar-refractivity contribution in [3.8, 4) is 0 Å². The van der Waals surface area contributed by atoms with Gasteiger partial charge in [0, 0.05) is 31.7 Å². The van der Waals surface area contributed by atoms with Gasteiger partial charge in [0.25, 0.3) is 0 Å². The summed E-state index contributed by atoms with van der Waals surface area (Å²) in [4.78, 5) is 5.31. The average Bonchev–Trinajstić information content (AvgIpc) is 2.43. The van der Waals surface area contributed by atoms with Gasteiger partial charge in [0.15, 0.2) is 0 Å². The minimum Gasteiger partial charge on any atom is -0.311 e. The average molecular weight is 296 g/mol. The van der Waals surface area contributed by atoms with Crippen LogP contribution in [0.15, 0.2) is 0 Å². The summed E-state index contributed by atoms with van der Waals surface area (Å²) in [6.45, 7) is 15.9. The minimum atomic E-state index is 0.522. The van der Waals surface area contributed by atoms with E-state index in [4.69, 9.17) is 0 Å². The van der Waals surface area contributed by atoms with Gasteiger partial charge in [0.1, 0.15) is 0 Å². The van der Waals surface area contributed by atoms with Crippen molar-refractivity contribution in [2.45, 2.75) is 65.5 Å². The van der Waals surface area contributed by atoms with Gasteiger partial charge in [-0.25, -0.2) is 0 Å². The van der Waals surface area contributed by atoms with Crippen LogP contribution in [0.2, 0.25) is 0 Å². The molecular formula is C18H37N3. The van der Waals surface area contributed by atoms with Crippen molar-refractivity contribution in [3.05, 3.63) is 0 Å². The molecule has 2 atom stereocenters. The first kappa shape index (κ1) is 17.2. The molecule has 3 heteroatoms. The zero-order valence-electron chi connectivity index (χ0n) is 15.0. The molecule has 3 nitrogen and oxygen atoms in total. The number of likely N-dealkylation sites (tertiary alicyclic amines) is 1. The van der Waals surface area contributed by atoms with Crippen LogP contribution in [-0.4, -0.2) is 61.7 Å². The molecule has 2 fully saturated rings. The Labute approximate surface area is 132 Å². The number of hydrogen-bond acceptors (Lipinski definition) is 3. The van der Waals surface area contributed by atoms with E-state index in [0.29, 0.717) is 11.5 Å². The molecule has 2 unspecified atom stereocenters. The highest BCUT2D eigenvalue weighted by molar-refractivity contribution is 4.92. The van der Waals surface area contributed by atoms with E-state index in [-0.39, 0.29) is 0 Å². The number of hydrogen-bond donors (Lipinski definition) is 1. The lowest BCUT2D eigenvalue weighted by atomic mass is 9.79. The summed E-state index contributed by atoms with van der Waals surface area (Å²) < 4.78 is 0. The van der Waals surface area contributed by atoms with E-state index in [1.807, 2.05) is 0 Å². The van der Waals surface area contributed by atoms with Crippen molar-refractivity contribution in [3.63, 3.8) is 0 Å². The van der Waals surface area contributed by atoms with Gasteiger partial charge in [0.05, 0.1) is 0 Å². The lowest BCUT2D eigenvalue weighted by molar-refractivity contribution is 0.0265. The van der Waals surface area contributed by atoms with E-state index in [1.165, 1.54) is 58.4 Å². The van der Waals surface area contributed by atoms with E-state index in [2.05, 4.69) is 49.9 Å². The third-order valence-electron chi connectivity index (χ3n) is 5.73. The summed E-state index contributed by atoms with van der Waals surface area (Å²) in [5, 5.41) is 3.79.